The number of likely N-dealkylation sites (N-methyl/N-ethyl adjacent to an activating group) is 1. The van der Waals surface area contributed by atoms with E-state index in [1.807, 2.05) is 32.6 Å². The molecule has 0 unspecified atom stereocenters. The van der Waals surface area contributed by atoms with Crippen molar-refractivity contribution in [2.45, 2.75) is 117 Å². The van der Waals surface area contributed by atoms with E-state index in [1.165, 1.54) is 12.1 Å². The van der Waals surface area contributed by atoms with Crippen LogP contribution in [0.15, 0.2) is 18.2 Å². The lowest BCUT2D eigenvalue weighted by molar-refractivity contribution is -0.149. The summed E-state index contributed by atoms with van der Waals surface area (Å²) in [6.45, 7) is 17.1. The lowest BCUT2D eigenvalue weighted by Crippen LogP contribution is -2.55. The normalized spacial score (nSPS) is 26.0. The molecule has 1 aromatic carbocycles. The van der Waals surface area contributed by atoms with Crippen LogP contribution in [0.4, 0.5) is 8.78 Å². The quantitative estimate of drug-likeness (QED) is 0.428. The maximum Gasteiger partial charge on any atom is 0.245 e. The molecule has 3 aliphatic rings. The minimum Gasteiger partial charge on any atom is -0.395 e. The summed E-state index contributed by atoms with van der Waals surface area (Å²) in [5.41, 5.74) is -0.859. The Morgan fingerprint density at radius 2 is 1.63 bits per heavy atom. The fourth-order valence-corrected chi connectivity index (χ4v) is 7.54. The van der Waals surface area contributed by atoms with Crippen molar-refractivity contribution >= 4 is 17.7 Å². The van der Waals surface area contributed by atoms with Gasteiger partial charge >= 0.3 is 0 Å². The first kappa shape index (κ1) is 36.2. The van der Waals surface area contributed by atoms with Crippen molar-refractivity contribution in [3.63, 3.8) is 0 Å². The van der Waals surface area contributed by atoms with E-state index in [-0.39, 0.29) is 47.9 Å². The molecule has 1 N–H and O–H groups in total. The van der Waals surface area contributed by atoms with Gasteiger partial charge in [-0.15, -0.1) is 0 Å². The van der Waals surface area contributed by atoms with E-state index in [2.05, 4.69) is 18.7 Å². The van der Waals surface area contributed by atoms with Crippen LogP contribution in [0.5, 0.6) is 0 Å². The van der Waals surface area contributed by atoms with E-state index in [9.17, 15) is 23.9 Å². The summed E-state index contributed by atoms with van der Waals surface area (Å²) in [5, 5.41) is 10.2. The van der Waals surface area contributed by atoms with Crippen molar-refractivity contribution in [2.24, 2.45) is 16.7 Å². The summed E-state index contributed by atoms with van der Waals surface area (Å²) < 4.78 is 29.2. The number of hydrogen-bond acceptors (Lipinski definition) is 5. The topological polar surface area (TPSA) is 84.4 Å². The van der Waals surface area contributed by atoms with Gasteiger partial charge in [-0.25, -0.2) is 8.78 Å². The van der Waals surface area contributed by atoms with Gasteiger partial charge in [-0.3, -0.25) is 19.3 Å². The van der Waals surface area contributed by atoms with Crippen molar-refractivity contribution in [1.29, 1.82) is 0 Å². The molecule has 0 radical (unpaired) electrons. The number of nitrogens with zero attached hydrogens (tertiary/aromatic N) is 4. The van der Waals surface area contributed by atoms with Gasteiger partial charge in [0.05, 0.1) is 24.0 Å². The Hall–Kier alpha value is -2.59. The standard InChI is InChI=1S/C36H56F2N4O4/c1-10-39(9)32(45)30-18-25(42(33(46)36(7,8)22-43)24-13-15-35(5,6)16-14-24)19-41(30)31(44)28-21-40(34(2,3)4)20-27(28)26-12-11-23(37)17-29(26)38/h11-12,17,24-25,27-28,30,43H,10,13-16,18-22H2,1-9H3/t25-,27-,28+,30-/m0/s1. The zero-order valence-electron chi connectivity index (χ0n) is 29.4. The van der Waals surface area contributed by atoms with Crippen molar-refractivity contribution in [1.82, 2.24) is 19.6 Å². The molecule has 4 atom stereocenters. The molecule has 0 aromatic heterocycles. The average Bonchev–Trinajstić information content (AvgIpc) is 3.63. The molecule has 1 aromatic rings. The van der Waals surface area contributed by atoms with Crippen molar-refractivity contribution in [3.05, 3.63) is 35.4 Å². The maximum absolute atomic E-state index is 15.3. The van der Waals surface area contributed by atoms with Crippen molar-refractivity contribution < 1.29 is 28.3 Å². The second-order valence-electron chi connectivity index (χ2n) is 16.4. The number of likely N-dealkylation sites (tertiary alicyclic amines) is 2. The van der Waals surface area contributed by atoms with Gasteiger partial charge in [0, 0.05) is 56.8 Å². The highest BCUT2D eigenvalue weighted by Gasteiger charge is 2.52. The van der Waals surface area contributed by atoms with E-state index in [0.29, 0.717) is 31.6 Å². The second-order valence-corrected chi connectivity index (χ2v) is 16.4. The third-order valence-corrected chi connectivity index (χ3v) is 10.9. The Morgan fingerprint density at radius 1 is 1.00 bits per heavy atom. The van der Waals surface area contributed by atoms with E-state index in [1.54, 1.807) is 30.7 Å². The summed E-state index contributed by atoms with van der Waals surface area (Å²) in [4.78, 5) is 50.1. The number of aliphatic hydroxyl groups is 1. The van der Waals surface area contributed by atoms with Crippen LogP contribution < -0.4 is 0 Å². The number of carbonyl (C=O) groups is 3. The molecular weight excluding hydrogens is 590 g/mol. The zero-order valence-corrected chi connectivity index (χ0v) is 29.4. The molecule has 46 heavy (non-hydrogen) atoms. The van der Waals surface area contributed by atoms with Crippen LogP contribution in [0.3, 0.4) is 0 Å². The number of aliphatic hydroxyl groups excluding tert-OH is 1. The molecule has 1 saturated carbocycles. The molecule has 2 aliphatic heterocycles. The third-order valence-electron chi connectivity index (χ3n) is 10.9. The van der Waals surface area contributed by atoms with Gasteiger partial charge in [0.15, 0.2) is 0 Å². The Labute approximate surface area is 274 Å². The summed E-state index contributed by atoms with van der Waals surface area (Å²) in [6, 6.07) is 2.28. The first-order valence-corrected chi connectivity index (χ1v) is 17.0. The van der Waals surface area contributed by atoms with Gasteiger partial charge in [-0.1, -0.05) is 19.9 Å². The van der Waals surface area contributed by atoms with Crippen molar-refractivity contribution in [3.8, 4) is 0 Å². The van der Waals surface area contributed by atoms with Crippen LogP contribution in [-0.2, 0) is 14.4 Å². The fourth-order valence-electron chi connectivity index (χ4n) is 7.54. The summed E-state index contributed by atoms with van der Waals surface area (Å²) in [7, 11) is 1.72. The first-order chi connectivity index (χ1) is 21.3. The monoisotopic (exact) mass is 646 g/mol. The zero-order chi connectivity index (χ0) is 34.4. The van der Waals surface area contributed by atoms with E-state index in [4.69, 9.17) is 0 Å². The lowest BCUT2D eigenvalue weighted by Gasteiger charge is -2.45. The molecule has 2 saturated heterocycles. The van der Waals surface area contributed by atoms with Crippen LogP contribution >= 0.6 is 0 Å². The van der Waals surface area contributed by atoms with Crippen LogP contribution in [0.2, 0.25) is 0 Å². The van der Waals surface area contributed by atoms with Crippen LogP contribution in [0.1, 0.15) is 99.0 Å². The minimum atomic E-state index is -1.02. The summed E-state index contributed by atoms with van der Waals surface area (Å²) >= 11 is 0. The smallest absolute Gasteiger partial charge is 0.245 e. The van der Waals surface area contributed by atoms with Gasteiger partial charge in [0.25, 0.3) is 0 Å². The van der Waals surface area contributed by atoms with E-state index >= 15 is 4.39 Å². The van der Waals surface area contributed by atoms with Gasteiger partial charge in [-0.05, 0) is 90.7 Å². The minimum absolute atomic E-state index is 0.0602. The lowest BCUT2D eigenvalue weighted by atomic mass is 9.74. The molecule has 10 heteroatoms. The highest BCUT2D eigenvalue weighted by molar-refractivity contribution is 5.90. The van der Waals surface area contributed by atoms with E-state index < -0.39 is 41.0 Å². The molecular formula is C36H56F2N4O4. The van der Waals surface area contributed by atoms with Crippen molar-refractivity contribution in [2.75, 3.05) is 39.8 Å². The number of carbonyl (C=O) groups excluding carboxylic acids is 3. The van der Waals surface area contributed by atoms with Gasteiger partial charge < -0.3 is 19.8 Å². The van der Waals surface area contributed by atoms with Crippen LogP contribution in [0.25, 0.3) is 0 Å². The molecule has 3 amide bonds. The van der Waals surface area contributed by atoms with Gasteiger partial charge in [0.2, 0.25) is 17.7 Å². The molecule has 0 spiro atoms. The van der Waals surface area contributed by atoms with Gasteiger partial charge in [0.1, 0.15) is 17.7 Å². The van der Waals surface area contributed by atoms with E-state index in [0.717, 1.165) is 31.7 Å². The fraction of sp³-hybridized carbons (Fsp3) is 0.750. The molecule has 258 valence electrons. The Balaban J connectivity index is 1.74. The first-order valence-electron chi connectivity index (χ1n) is 17.0. The molecule has 3 fully saturated rings. The second kappa shape index (κ2) is 13.5. The van der Waals surface area contributed by atoms with Gasteiger partial charge in [-0.2, -0.15) is 0 Å². The number of halogens is 2. The Morgan fingerprint density at radius 3 is 2.17 bits per heavy atom. The molecule has 8 nitrogen and oxygen atoms in total. The average molecular weight is 647 g/mol. The number of hydrogen-bond donors (Lipinski definition) is 1. The summed E-state index contributed by atoms with van der Waals surface area (Å²) in [5.74, 6) is -3.14. The molecule has 0 bridgehead atoms. The molecule has 2 heterocycles. The summed E-state index contributed by atoms with van der Waals surface area (Å²) in [6.07, 6.45) is 3.83. The SMILES string of the molecule is CCN(C)C(=O)[C@@H]1C[C@H](N(C(=O)C(C)(C)CO)C2CCC(C)(C)CC2)CN1C(=O)[C@@H]1CN(C(C)(C)C)C[C@H]1c1ccc(F)cc1F. The number of benzene rings is 1. The number of rotatable bonds is 8. The molecule has 1 aliphatic carbocycles. The predicted octanol–water partition coefficient (Wildman–Crippen LogP) is 5.04. The Bertz CT molecular complexity index is 1290. The van der Waals surface area contributed by atoms with Crippen LogP contribution in [-0.4, -0.2) is 106 Å². The Kier molecular flexibility index (Phi) is 10.6. The highest BCUT2D eigenvalue weighted by Crippen LogP contribution is 2.42. The predicted molar refractivity (Wildman–Crippen MR) is 175 cm³/mol. The van der Waals surface area contributed by atoms with Crippen LogP contribution in [0, 0.1) is 28.4 Å². The third kappa shape index (κ3) is 7.43. The largest absolute Gasteiger partial charge is 0.395 e. The highest BCUT2D eigenvalue weighted by atomic mass is 19.1. The number of amides is 3. The maximum atomic E-state index is 15.3. The molecule has 4 rings (SSSR count).